The first-order valence-electron chi connectivity index (χ1n) is 9.26. The molecule has 3 N–H and O–H groups in total. The van der Waals surface area contributed by atoms with E-state index in [2.05, 4.69) is 20.9 Å². The van der Waals surface area contributed by atoms with Gasteiger partial charge < -0.3 is 25.4 Å². The minimum absolute atomic E-state index is 0. The van der Waals surface area contributed by atoms with E-state index in [0.717, 1.165) is 0 Å². The smallest absolute Gasteiger partial charge is 0.422 e. The van der Waals surface area contributed by atoms with E-state index in [9.17, 15) is 18.0 Å². The van der Waals surface area contributed by atoms with E-state index in [-0.39, 0.29) is 36.3 Å². The Morgan fingerprint density at radius 3 is 2.37 bits per heavy atom. The van der Waals surface area contributed by atoms with Crippen LogP contribution in [-0.2, 0) is 11.3 Å². The van der Waals surface area contributed by atoms with Gasteiger partial charge in [0.25, 0.3) is 0 Å². The molecule has 172 valence electrons. The number of benzene rings is 1. The van der Waals surface area contributed by atoms with Crippen LogP contribution in [0.2, 0.25) is 0 Å². The van der Waals surface area contributed by atoms with E-state index in [0.29, 0.717) is 31.2 Å². The van der Waals surface area contributed by atoms with E-state index in [1.54, 1.807) is 32.9 Å². The minimum atomic E-state index is -4.39. The summed E-state index contributed by atoms with van der Waals surface area (Å²) in [7, 11) is 0. The standard InChI is InChI=1S/C19H29F3N4O3.HI/c1-5-23-16(24-9-10-25-17(27)29-18(2,3)4)26-12-14-7-6-8-15(11-14)28-13-19(20,21)22;/h6-8,11H,5,9-10,12-13H2,1-4H3,(H,25,27)(H2,23,24,26);1H. The molecule has 0 aliphatic heterocycles. The summed E-state index contributed by atoms with van der Waals surface area (Å²) in [6, 6.07) is 6.34. The van der Waals surface area contributed by atoms with Crippen LogP contribution in [0.25, 0.3) is 0 Å². The van der Waals surface area contributed by atoms with Crippen LogP contribution in [0.3, 0.4) is 0 Å². The van der Waals surface area contributed by atoms with E-state index in [1.807, 2.05) is 6.92 Å². The fourth-order valence-electron chi connectivity index (χ4n) is 2.07. The van der Waals surface area contributed by atoms with Crippen LogP contribution in [0.1, 0.15) is 33.3 Å². The molecule has 0 spiro atoms. The number of aliphatic imine (C=N–C) groups is 1. The number of nitrogens with zero attached hydrogens (tertiary/aromatic N) is 1. The van der Waals surface area contributed by atoms with Crippen molar-refractivity contribution in [2.24, 2.45) is 4.99 Å². The largest absolute Gasteiger partial charge is 0.484 e. The molecule has 0 bridgehead atoms. The molecule has 30 heavy (non-hydrogen) atoms. The lowest BCUT2D eigenvalue weighted by Gasteiger charge is -2.19. The molecule has 0 unspecified atom stereocenters. The predicted octanol–water partition coefficient (Wildman–Crippen LogP) is 3.83. The first-order valence-corrected chi connectivity index (χ1v) is 9.26. The lowest BCUT2D eigenvalue weighted by Crippen LogP contribution is -2.42. The van der Waals surface area contributed by atoms with Gasteiger partial charge in [-0.1, -0.05) is 12.1 Å². The van der Waals surface area contributed by atoms with E-state index in [4.69, 9.17) is 9.47 Å². The summed E-state index contributed by atoms with van der Waals surface area (Å²) in [6.07, 6.45) is -4.89. The maximum Gasteiger partial charge on any atom is 0.422 e. The maximum atomic E-state index is 12.3. The van der Waals surface area contributed by atoms with Crippen molar-refractivity contribution < 1.29 is 27.4 Å². The molecule has 7 nitrogen and oxygen atoms in total. The predicted molar refractivity (Wildman–Crippen MR) is 120 cm³/mol. The van der Waals surface area contributed by atoms with Crippen molar-refractivity contribution in [2.45, 2.75) is 46.0 Å². The molecule has 0 aromatic heterocycles. The number of alkyl halides is 3. The Balaban J connectivity index is 0.00000841. The molecule has 0 saturated heterocycles. The Kier molecular flexibility index (Phi) is 12.5. The zero-order chi connectivity index (χ0) is 21.9. The SMILES string of the molecule is CCNC(=NCc1cccc(OCC(F)(F)F)c1)NCCNC(=O)OC(C)(C)C.I. The molecule has 1 aromatic carbocycles. The zero-order valence-electron chi connectivity index (χ0n) is 17.6. The summed E-state index contributed by atoms with van der Waals surface area (Å²) in [6.45, 7) is 7.53. The van der Waals surface area contributed by atoms with Gasteiger partial charge in [0.2, 0.25) is 0 Å². The molecule has 0 atom stereocenters. The van der Waals surface area contributed by atoms with Crippen LogP contribution < -0.4 is 20.7 Å². The van der Waals surface area contributed by atoms with Crippen LogP contribution in [0.15, 0.2) is 29.3 Å². The fourth-order valence-corrected chi connectivity index (χ4v) is 2.07. The second-order valence-corrected chi connectivity index (χ2v) is 7.10. The monoisotopic (exact) mass is 546 g/mol. The molecule has 1 aromatic rings. The molecular formula is C19H30F3IN4O3. The van der Waals surface area contributed by atoms with Crippen LogP contribution in [0.5, 0.6) is 5.75 Å². The average Bonchev–Trinajstić information content (AvgIpc) is 2.59. The Labute approximate surface area is 192 Å². The summed E-state index contributed by atoms with van der Waals surface area (Å²) < 4.78 is 46.7. The number of carbonyl (C=O) groups is 1. The Bertz CT molecular complexity index is 680. The third kappa shape index (κ3) is 14.1. The molecule has 0 heterocycles. The van der Waals surface area contributed by atoms with Gasteiger partial charge in [-0.15, -0.1) is 24.0 Å². The highest BCUT2D eigenvalue weighted by atomic mass is 127. The van der Waals surface area contributed by atoms with Crippen molar-refractivity contribution >= 4 is 36.0 Å². The van der Waals surface area contributed by atoms with Gasteiger partial charge in [-0.3, -0.25) is 0 Å². The maximum absolute atomic E-state index is 12.3. The summed E-state index contributed by atoms with van der Waals surface area (Å²) >= 11 is 0. The fraction of sp³-hybridized carbons (Fsp3) is 0.579. The number of guanidine groups is 1. The second kappa shape index (κ2) is 13.4. The first kappa shape index (κ1) is 28.1. The lowest BCUT2D eigenvalue weighted by atomic mass is 10.2. The summed E-state index contributed by atoms with van der Waals surface area (Å²) in [4.78, 5) is 16.0. The average molecular weight is 546 g/mol. The van der Waals surface area contributed by atoms with Crippen LogP contribution in [0, 0.1) is 0 Å². The quantitative estimate of drug-likeness (QED) is 0.200. The van der Waals surface area contributed by atoms with Crippen LogP contribution in [-0.4, -0.2) is 50.1 Å². The van der Waals surface area contributed by atoms with E-state index >= 15 is 0 Å². The molecule has 1 amide bonds. The lowest BCUT2D eigenvalue weighted by molar-refractivity contribution is -0.153. The van der Waals surface area contributed by atoms with E-state index in [1.165, 1.54) is 12.1 Å². The van der Waals surface area contributed by atoms with Crippen LogP contribution in [0.4, 0.5) is 18.0 Å². The Morgan fingerprint density at radius 2 is 1.77 bits per heavy atom. The van der Waals surface area contributed by atoms with Gasteiger partial charge >= 0.3 is 12.3 Å². The number of hydrogen-bond acceptors (Lipinski definition) is 4. The van der Waals surface area contributed by atoms with Crippen molar-refractivity contribution in [1.29, 1.82) is 0 Å². The summed E-state index contributed by atoms with van der Waals surface area (Å²) in [5, 5.41) is 8.74. The number of halogens is 4. The highest BCUT2D eigenvalue weighted by molar-refractivity contribution is 14.0. The number of amides is 1. The van der Waals surface area contributed by atoms with Crippen molar-refractivity contribution in [2.75, 3.05) is 26.2 Å². The Morgan fingerprint density at radius 1 is 1.10 bits per heavy atom. The van der Waals surface area contributed by atoms with Gasteiger partial charge in [0.05, 0.1) is 6.54 Å². The molecule has 0 aliphatic carbocycles. The normalized spacial score (nSPS) is 11.9. The van der Waals surface area contributed by atoms with Crippen molar-refractivity contribution in [1.82, 2.24) is 16.0 Å². The zero-order valence-corrected chi connectivity index (χ0v) is 19.9. The van der Waals surface area contributed by atoms with Crippen LogP contribution >= 0.6 is 24.0 Å². The highest BCUT2D eigenvalue weighted by Crippen LogP contribution is 2.19. The molecule has 1 rings (SSSR count). The van der Waals surface area contributed by atoms with E-state index < -0.39 is 24.5 Å². The number of rotatable bonds is 8. The van der Waals surface area contributed by atoms with Gasteiger partial charge in [-0.05, 0) is 45.4 Å². The Hall–Kier alpha value is -1.92. The van der Waals surface area contributed by atoms with Gasteiger partial charge in [0.15, 0.2) is 12.6 Å². The highest BCUT2D eigenvalue weighted by Gasteiger charge is 2.28. The van der Waals surface area contributed by atoms with Crippen molar-refractivity contribution in [3.63, 3.8) is 0 Å². The number of nitrogens with one attached hydrogen (secondary N) is 3. The molecule has 0 radical (unpaired) electrons. The van der Waals surface area contributed by atoms with Crippen molar-refractivity contribution in [3.05, 3.63) is 29.8 Å². The number of hydrogen-bond donors (Lipinski definition) is 3. The molecular weight excluding hydrogens is 516 g/mol. The van der Waals surface area contributed by atoms with Gasteiger partial charge in [0.1, 0.15) is 11.4 Å². The van der Waals surface area contributed by atoms with Gasteiger partial charge in [-0.25, -0.2) is 9.79 Å². The minimum Gasteiger partial charge on any atom is -0.484 e. The first-order chi connectivity index (χ1) is 13.5. The molecule has 0 aliphatic rings. The molecule has 0 saturated carbocycles. The number of alkyl carbamates (subject to hydrolysis) is 1. The third-order valence-corrected chi connectivity index (χ3v) is 3.15. The number of carbonyl (C=O) groups excluding carboxylic acids is 1. The molecule has 0 fully saturated rings. The topological polar surface area (TPSA) is 84.0 Å². The number of ether oxygens (including phenoxy) is 2. The summed E-state index contributed by atoms with van der Waals surface area (Å²) in [5.74, 6) is 0.648. The second-order valence-electron chi connectivity index (χ2n) is 7.10. The summed E-state index contributed by atoms with van der Waals surface area (Å²) in [5.41, 5.74) is 0.139. The van der Waals surface area contributed by atoms with Gasteiger partial charge in [0, 0.05) is 19.6 Å². The van der Waals surface area contributed by atoms with Gasteiger partial charge in [-0.2, -0.15) is 13.2 Å². The molecule has 11 heteroatoms. The van der Waals surface area contributed by atoms with Crippen molar-refractivity contribution in [3.8, 4) is 5.75 Å². The third-order valence-electron chi connectivity index (χ3n) is 3.15.